The Hall–Kier alpha value is -1.17. The van der Waals surface area contributed by atoms with Gasteiger partial charge in [0.2, 0.25) is 0 Å². The molecule has 1 unspecified atom stereocenters. The maximum absolute atomic E-state index is 10.2. The summed E-state index contributed by atoms with van der Waals surface area (Å²) < 4.78 is 6.82. The Morgan fingerprint density at radius 2 is 2.11 bits per heavy atom. The molecule has 6 heteroatoms. The number of aliphatic hydroxyl groups is 1. The highest BCUT2D eigenvalue weighted by Crippen LogP contribution is 2.29. The SMILES string of the molecule is COc1cnn(C)c1C(O)CSc1ccc(Cl)cc1. The zero-order chi connectivity index (χ0) is 13.8. The van der Waals surface area contributed by atoms with Crippen LogP contribution < -0.4 is 4.74 Å². The number of nitrogens with zero attached hydrogens (tertiary/aromatic N) is 2. The number of hydrogen-bond donors (Lipinski definition) is 1. The van der Waals surface area contributed by atoms with Crippen molar-refractivity contribution in [1.29, 1.82) is 0 Å². The number of hydrogen-bond acceptors (Lipinski definition) is 4. The van der Waals surface area contributed by atoms with Crippen LogP contribution in [0.15, 0.2) is 35.4 Å². The number of methoxy groups -OCH3 is 1. The fraction of sp³-hybridized carbons (Fsp3) is 0.308. The van der Waals surface area contributed by atoms with Gasteiger partial charge in [-0.2, -0.15) is 5.10 Å². The summed E-state index contributed by atoms with van der Waals surface area (Å²) in [5, 5.41) is 15.0. The lowest BCUT2D eigenvalue weighted by atomic mass is 10.2. The lowest BCUT2D eigenvalue weighted by molar-refractivity contribution is 0.188. The van der Waals surface area contributed by atoms with Crippen LogP contribution in [-0.4, -0.2) is 27.7 Å². The van der Waals surface area contributed by atoms with Gasteiger partial charge in [0.25, 0.3) is 0 Å². The highest BCUT2D eigenvalue weighted by atomic mass is 35.5. The zero-order valence-electron chi connectivity index (χ0n) is 10.7. The Morgan fingerprint density at radius 3 is 2.74 bits per heavy atom. The van der Waals surface area contributed by atoms with Crippen molar-refractivity contribution in [2.45, 2.75) is 11.0 Å². The van der Waals surface area contributed by atoms with Gasteiger partial charge >= 0.3 is 0 Å². The molecular formula is C13H15ClN2O2S. The molecule has 4 nitrogen and oxygen atoms in total. The summed E-state index contributed by atoms with van der Waals surface area (Å²) in [4.78, 5) is 1.06. The first-order chi connectivity index (χ1) is 9.11. The molecule has 0 radical (unpaired) electrons. The van der Waals surface area contributed by atoms with Gasteiger partial charge in [-0.15, -0.1) is 11.8 Å². The molecule has 0 fully saturated rings. The molecule has 0 spiro atoms. The highest BCUT2D eigenvalue weighted by molar-refractivity contribution is 7.99. The van der Waals surface area contributed by atoms with Crippen molar-refractivity contribution in [3.63, 3.8) is 0 Å². The van der Waals surface area contributed by atoms with Crippen LogP contribution in [0.25, 0.3) is 0 Å². The molecule has 1 aromatic heterocycles. The van der Waals surface area contributed by atoms with Crippen molar-refractivity contribution < 1.29 is 9.84 Å². The maximum Gasteiger partial charge on any atom is 0.162 e. The molecule has 0 saturated heterocycles. The Morgan fingerprint density at radius 1 is 1.42 bits per heavy atom. The molecule has 2 aromatic rings. The normalized spacial score (nSPS) is 12.4. The van der Waals surface area contributed by atoms with E-state index in [1.165, 1.54) is 0 Å². The van der Waals surface area contributed by atoms with Crippen molar-refractivity contribution in [2.24, 2.45) is 7.05 Å². The van der Waals surface area contributed by atoms with E-state index in [0.29, 0.717) is 22.2 Å². The van der Waals surface area contributed by atoms with Crippen LogP contribution in [0, 0.1) is 0 Å². The summed E-state index contributed by atoms with van der Waals surface area (Å²) in [7, 11) is 3.35. The van der Waals surface area contributed by atoms with Gasteiger partial charge in [-0.05, 0) is 24.3 Å². The van der Waals surface area contributed by atoms with Gasteiger partial charge in [-0.3, -0.25) is 4.68 Å². The van der Waals surface area contributed by atoms with Crippen LogP contribution in [-0.2, 0) is 7.05 Å². The largest absolute Gasteiger partial charge is 0.493 e. The van der Waals surface area contributed by atoms with Crippen molar-refractivity contribution >= 4 is 23.4 Å². The molecule has 0 aliphatic heterocycles. The molecule has 0 aliphatic rings. The summed E-state index contributed by atoms with van der Waals surface area (Å²) in [6.07, 6.45) is 0.967. The number of aromatic nitrogens is 2. The van der Waals surface area contributed by atoms with E-state index in [1.807, 2.05) is 24.3 Å². The number of ether oxygens (including phenoxy) is 1. The van der Waals surface area contributed by atoms with E-state index in [9.17, 15) is 5.11 Å². The molecule has 0 amide bonds. The topological polar surface area (TPSA) is 47.3 Å². The monoisotopic (exact) mass is 298 g/mol. The van der Waals surface area contributed by atoms with Crippen LogP contribution >= 0.6 is 23.4 Å². The molecule has 1 heterocycles. The fourth-order valence-corrected chi connectivity index (χ4v) is 2.71. The average molecular weight is 299 g/mol. The van der Waals surface area contributed by atoms with Gasteiger partial charge in [0.15, 0.2) is 5.75 Å². The van der Waals surface area contributed by atoms with E-state index in [4.69, 9.17) is 16.3 Å². The molecule has 2 rings (SSSR count). The summed E-state index contributed by atoms with van der Waals surface area (Å²) in [6, 6.07) is 7.53. The number of aryl methyl sites for hydroxylation is 1. The highest BCUT2D eigenvalue weighted by Gasteiger charge is 2.18. The van der Waals surface area contributed by atoms with Gasteiger partial charge in [-0.1, -0.05) is 11.6 Å². The van der Waals surface area contributed by atoms with Crippen LogP contribution in [0.4, 0.5) is 0 Å². The predicted molar refractivity (Wildman–Crippen MR) is 76.9 cm³/mol. The number of benzene rings is 1. The summed E-state index contributed by atoms with van der Waals surface area (Å²) >= 11 is 7.39. The molecule has 1 atom stereocenters. The van der Waals surface area contributed by atoms with E-state index >= 15 is 0 Å². The van der Waals surface area contributed by atoms with Crippen molar-refractivity contribution in [2.75, 3.05) is 12.9 Å². The Kier molecular flexibility index (Phi) is 4.74. The standard InChI is InChI=1S/C13H15ClN2O2S/c1-16-13(12(18-2)7-15-16)11(17)8-19-10-5-3-9(14)4-6-10/h3-7,11,17H,8H2,1-2H3. The third kappa shape index (κ3) is 3.43. The molecule has 0 bridgehead atoms. The minimum Gasteiger partial charge on any atom is -0.493 e. The lowest BCUT2D eigenvalue weighted by Gasteiger charge is -2.12. The first-order valence-corrected chi connectivity index (χ1v) is 7.10. The van der Waals surface area contributed by atoms with Crippen LogP contribution in [0.1, 0.15) is 11.8 Å². The van der Waals surface area contributed by atoms with E-state index in [2.05, 4.69) is 5.10 Å². The number of rotatable bonds is 5. The summed E-state index contributed by atoms with van der Waals surface area (Å²) in [6.45, 7) is 0. The van der Waals surface area contributed by atoms with E-state index in [0.717, 1.165) is 4.90 Å². The second-order valence-electron chi connectivity index (χ2n) is 4.00. The lowest BCUT2D eigenvalue weighted by Crippen LogP contribution is -2.08. The van der Waals surface area contributed by atoms with Gasteiger partial charge in [-0.25, -0.2) is 0 Å². The van der Waals surface area contributed by atoms with E-state index in [1.54, 1.807) is 36.8 Å². The Bertz CT molecular complexity index is 542. The number of thioether (sulfide) groups is 1. The van der Waals surface area contributed by atoms with E-state index < -0.39 is 6.10 Å². The molecule has 19 heavy (non-hydrogen) atoms. The van der Waals surface area contributed by atoms with Gasteiger partial charge < -0.3 is 9.84 Å². The van der Waals surface area contributed by atoms with Gasteiger partial charge in [0, 0.05) is 22.7 Å². The molecule has 0 aliphatic carbocycles. The summed E-state index contributed by atoms with van der Waals surface area (Å²) in [5.74, 6) is 1.13. The Balaban J connectivity index is 2.03. The number of halogens is 1. The molecular weight excluding hydrogens is 284 g/mol. The quantitative estimate of drug-likeness (QED) is 0.862. The second kappa shape index (κ2) is 6.32. The summed E-state index contributed by atoms with van der Waals surface area (Å²) in [5.41, 5.74) is 0.684. The van der Waals surface area contributed by atoms with Gasteiger partial charge in [0.05, 0.1) is 13.3 Å². The van der Waals surface area contributed by atoms with Crippen molar-refractivity contribution in [3.05, 3.63) is 41.2 Å². The Labute approximate surface area is 121 Å². The number of aliphatic hydroxyl groups excluding tert-OH is 1. The first-order valence-electron chi connectivity index (χ1n) is 5.74. The maximum atomic E-state index is 10.2. The van der Waals surface area contributed by atoms with Gasteiger partial charge in [0.1, 0.15) is 11.8 Å². The molecule has 102 valence electrons. The minimum absolute atomic E-state index is 0.525. The zero-order valence-corrected chi connectivity index (χ0v) is 12.3. The predicted octanol–water partition coefficient (Wildman–Crippen LogP) is 2.91. The first kappa shape index (κ1) is 14.2. The minimum atomic E-state index is -0.636. The smallest absolute Gasteiger partial charge is 0.162 e. The average Bonchev–Trinajstić information content (AvgIpc) is 2.79. The third-order valence-corrected chi connectivity index (χ3v) is 4.05. The fourth-order valence-electron chi connectivity index (χ4n) is 1.75. The molecule has 0 saturated carbocycles. The molecule has 1 aromatic carbocycles. The van der Waals surface area contributed by atoms with Crippen molar-refractivity contribution in [3.8, 4) is 5.75 Å². The van der Waals surface area contributed by atoms with Crippen LogP contribution in [0.5, 0.6) is 5.75 Å². The molecule has 1 N–H and O–H groups in total. The van der Waals surface area contributed by atoms with E-state index in [-0.39, 0.29) is 0 Å². The second-order valence-corrected chi connectivity index (χ2v) is 5.53. The van der Waals surface area contributed by atoms with Crippen LogP contribution in [0.3, 0.4) is 0 Å². The van der Waals surface area contributed by atoms with Crippen LogP contribution in [0.2, 0.25) is 5.02 Å². The van der Waals surface area contributed by atoms with Crippen molar-refractivity contribution in [1.82, 2.24) is 9.78 Å². The third-order valence-electron chi connectivity index (χ3n) is 2.71.